The lowest BCUT2D eigenvalue weighted by molar-refractivity contribution is 0.355. The van der Waals surface area contributed by atoms with Gasteiger partial charge in [0.25, 0.3) is 0 Å². The van der Waals surface area contributed by atoms with Gasteiger partial charge in [-0.1, -0.05) is 48.5 Å². The molecular formula is C31H27N3O4. The average Bonchev–Trinajstić information content (AvgIpc) is 3.36. The van der Waals surface area contributed by atoms with Gasteiger partial charge in [-0.3, -0.25) is 0 Å². The molecule has 0 unspecified atom stereocenters. The second-order valence-corrected chi connectivity index (χ2v) is 8.42. The first-order valence-corrected chi connectivity index (χ1v) is 12.0. The van der Waals surface area contributed by atoms with Crippen LogP contribution in [0.2, 0.25) is 0 Å². The van der Waals surface area contributed by atoms with Gasteiger partial charge >= 0.3 is 0 Å². The molecule has 5 aromatic rings. The highest BCUT2D eigenvalue weighted by molar-refractivity contribution is 5.92. The topological polar surface area (TPSA) is 78.1 Å². The van der Waals surface area contributed by atoms with Crippen molar-refractivity contribution in [2.24, 2.45) is 4.99 Å². The zero-order chi connectivity index (χ0) is 26.5. The largest absolute Gasteiger partial charge is 0.504 e. The summed E-state index contributed by atoms with van der Waals surface area (Å²) in [5.41, 5.74) is 5.08. The molecule has 1 N–H and O–H groups in total. The van der Waals surface area contributed by atoms with Crippen LogP contribution in [0.15, 0.2) is 102 Å². The van der Waals surface area contributed by atoms with E-state index in [-0.39, 0.29) is 5.75 Å². The summed E-state index contributed by atoms with van der Waals surface area (Å²) in [4.78, 5) is 4.94. The number of aromatic nitrogens is 2. The van der Waals surface area contributed by atoms with Crippen molar-refractivity contribution in [1.29, 1.82) is 0 Å². The Balaban J connectivity index is 1.77. The smallest absolute Gasteiger partial charge is 0.164 e. The molecule has 190 valence electrons. The number of nitrogens with zero attached hydrogens (tertiary/aromatic N) is 3. The number of hydrogen-bond acceptors (Lipinski definition) is 6. The van der Waals surface area contributed by atoms with Gasteiger partial charge in [0.1, 0.15) is 5.69 Å². The lowest BCUT2D eigenvalue weighted by Crippen LogP contribution is -1.96. The number of aliphatic imine (C=N–C) groups is 1. The SMILES string of the molecule is COc1cc(C=Nc2c(-c3ccccc3)c(-c3ccc(OC)c(OC)c3)nn2-c2ccccc2)ccc1O. The number of aromatic hydroxyl groups is 1. The number of rotatable bonds is 8. The Labute approximate surface area is 221 Å². The minimum absolute atomic E-state index is 0.0692. The third-order valence-corrected chi connectivity index (χ3v) is 6.12. The molecule has 7 heteroatoms. The van der Waals surface area contributed by atoms with Crippen LogP contribution in [-0.2, 0) is 0 Å². The highest BCUT2D eigenvalue weighted by Gasteiger charge is 2.22. The third kappa shape index (κ3) is 4.82. The van der Waals surface area contributed by atoms with Crippen molar-refractivity contribution in [2.45, 2.75) is 0 Å². The van der Waals surface area contributed by atoms with E-state index in [9.17, 15) is 5.11 Å². The third-order valence-electron chi connectivity index (χ3n) is 6.12. The number of phenolic OH excluding ortho intramolecular Hbond substituents is 1. The Hall–Kier alpha value is -5.04. The number of ether oxygens (including phenoxy) is 3. The van der Waals surface area contributed by atoms with Crippen LogP contribution in [0.5, 0.6) is 23.0 Å². The number of hydrogen-bond donors (Lipinski definition) is 1. The Kier molecular flexibility index (Phi) is 7.08. The van der Waals surface area contributed by atoms with E-state index in [2.05, 4.69) is 0 Å². The predicted octanol–water partition coefficient (Wildman–Crippen LogP) is 6.69. The molecular weight excluding hydrogens is 478 g/mol. The van der Waals surface area contributed by atoms with Crippen LogP contribution in [0.25, 0.3) is 28.1 Å². The molecule has 0 saturated heterocycles. The highest BCUT2D eigenvalue weighted by atomic mass is 16.5. The van der Waals surface area contributed by atoms with E-state index < -0.39 is 0 Å². The molecule has 1 aromatic heterocycles. The molecule has 0 bridgehead atoms. The Morgan fingerprint density at radius 2 is 1.39 bits per heavy atom. The molecule has 0 atom stereocenters. The van der Waals surface area contributed by atoms with Crippen molar-refractivity contribution in [3.63, 3.8) is 0 Å². The van der Waals surface area contributed by atoms with E-state index in [1.54, 1.807) is 38.6 Å². The van der Waals surface area contributed by atoms with Crippen LogP contribution in [0.1, 0.15) is 5.56 Å². The number of methoxy groups -OCH3 is 3. The van der Waals surface area contributed by atoms with Crippen molar-refractivity contribution >= 4 is 12.0 Å². The monoisotopic (exact) mass is 505 g/mol. The van der Waals surface area contributed by atoms with Crippen molar-refractivity contribution in [1.82, 2.24) is 9.78 Å². The molecule has 0 aliphatic heterocycles. The van der Waals surface area contributed by atoms with Gasteiger partial charge < -0.3 is 19.3 Å². The standard InChI is InChI=1S/C31H27N3O4/c1-36-26-17-15-23(19-28(26)38-3)30-29(22-10-6-4-7-11-22)31(34(33-30)24-12-8-5-9-13-24)32-20-21-14-16-25(35)27(18-21)37-2/h4-20,35H,1-3H3. The van der Waals surface area contributed by atoms with Crippen LogP contribution >= 0.6 is 0 Å². The van der Waals surface area contributed by atoms with Crippen LogP contribution in [0, 0.1) is 0 Å². The summed E-state index contributed by atoms with van der Waals surface area (Å²) in [5.74, 6) is 2.35. The predicted molar refractivity (Wildman–Crippen MR) is 149 cm³/mol. The second kappa shape index (κ2) is 10.9. The summed E-state index contributed by atoms with van der Waals surface area (Å²) in [5, 5.41) is 15.1. The minimum Gasteiger partial charge on any atom is -0.504 e. The molecule has 0 saturated carbocycles. The molecule has 0 radical (unpaired) electrons. The summed E-state index contributed by atoms with van der Waals surface area (Å²) in [7, 11) is 4.75. The minimum atomic E-state index is 0.0692. The molecule has 38 heavy (non-hydrogen) atoms. The van der Waals surface area contributed by atoms with Crippen LogP contribution in [0.4, 0.5) is 5.82 Å². The highest BCUT2D eigenvalue weighted by Crippen LogP contribution is 2.42. The van der Waals surface area contributed by atoms with Gasteiger partial charge in [-0.05, 0) is 59.7 Å². The van der Waals surface area contributed by atoms with Crippen LogP contribution in [0.3, 0.4) is 0 Å². The van der Waals surface area contributed by atoms with Crippen LogP contribution in [-0.4, -0.2) is 42.4 Å². The van der Waals surface area contributed by atoms with Gasteiger partial charge in [0.05, 0.1) is 32.6 Å². The Bertz CT molecular complexity index is 1580. The Morgan fingerprint density at radius 1 is 0.711 bits per heavy atom. The lowest BCUT2D eigenvalue weighted by Gasteiger charge is -2.10. The van der Waals surface area contributed by atoms with E-state index in [4.69, 9.17) is 24.3 Å². The van der Waals surface area contributed by atoms with E-state index in [1.165, 1.54) is 7.11 Å². The van der Waals surface area contributed by atoms with Gasteiger partial charge in [0.15, 0.2) is 28.8 Å². The molecule has 4 aromatic carbocycles. The van der Waals surface area contributed by atoms with E-state index in [0.717, 1.165) is 33.6 Å². The van der Waals surface area contributed by atoms with E-state index in [0.29, 0.717) is 23.1 Å². The maximum Gasteiger partial charge on any atom is 0.164 e. The molecule has 0 aliphatic rings. The Morgan fingerprint density at radius 3 is 2.08 bits per heavy atom. The molecule has 0 aliphatic carbocycles. The van der Waals surface area contributed by atoms with Crippen molar-refractivity contribution < 1.29 is 19.3 Å². The first kappa shape index (κ1) is 24.6. The first-order valence-electron chi connectivity index (χ1n) is 12.0. The molecule has 7 nitrogen and oxygen atoms in total. The van der Waals surface area contributed by atoms with Gasteiger partial charge in [0, 0.05) is 11.8 Å². The second-order valence-electron chi connectivity index (χ2n) is 8.42. The number of para-hydroxylation sites is 1. The van der Waals surface area contributed by atoms with E-state index >= 15 is 0 Å². The quantitative estimate of drug-likeness (QED) is 0.238. The van der Waals surface area contributed by atoms with Crippen molar-refractivity contribution in [2.75, 3.05) is 21.3 Å². The summed E-state index contributed by atoms with van der Waals surface area (Å²) < 4.78 is 18.1. The number of benzene rings is 4. The van der Waals surface area contributed by atoms with E-state index in [1.807, 2.05) is 83.5 Å². The van der Waals surface area contributed by atoms with Gasteiger partial charge in [-0.2, -0.15) is 5.10 Å². The molecule has 5 rings (SSSR count). The summed E-state index contributed by atoms with van der Waals surface area (Å²) >= 11 is 0. The fourth-order valence-corrected chi connectivity index (χ4v) is 4.24. The fourth-order valence-electron chi connectivity index (χ4n) is 4.24. The van der Waals surface area contributed by atoms with Gasteiger partial charge in [-0.15, -0.1) is 0 Å². The average molecular weight is 506 g/mol. The molecule has 0 amide bonds. The first-order chi connectivity index (χ1) is 18.6. The van der Waals surface area contributed by atoms with Gasteiger partial charge in [-0.25, -0.2) is 9.67 Å². The number of phenols is 1. The zero-order valence-electron chi connectivity index (χ0n) is 21.3. The van der Waals surface area contributed by atoms with Crippen molar-refractivity contribution in [3.05, 3.63) is 103 Å². The lowest BCUT2D eigenvalue weighted by atomic mass is 10.0. The normalized spacial score (nSPS) is 11.0. The summed E-state index contributed by atoms with van der Waals surface area (Å²) in [6, 6.07) is 30.8. The molecule has 1 heterocycles. The van der Waals surface area contributed by atoms with Gasteiger partial charge in [0.2, 0.25) is 0 Å². The molecule has 0 spiro atoms. The fraction of sp³-hybridized carbons (Fsp3) is 0.0968. The maximum atomic E-state index is 10.0. The maximum absolute atomic E-state index is 10.0. The molecule has 0 fully saturated rings. The summed E-state index contributed by atoms with van der Waals surface area (Å²) in [6.07, 6.45) is 1.74. The zero-order valence-corrected chi connectivity index (χ0v) is 21.3. The summed E-state index contributed by atoms with van der Waals surface area (Å²) in [6.45, 7) is 0. The van der Waals surface area contributed by atoms with Crippen molar-refractivity contribution in [3.8, 4) is 51.1 Å². The van der Waals surface area contributed by atoms with Crippen LogP contribution < -0.4 is 14.2 Å².